The van der Waals surface area contributed by atoms with Crippen molar-refractivity contribution in [3.63, 3.8) is 0 Å². The number of anilines is 8. The molecule has 0 aliphatic rings. The maximum atomic E-state index is 12.9. The number of phenols is 2. The highest BCUT2D eigenvalue weighted by molar-refractivity contribution is 7.87. The van der Waals surface area contributed by atoms with E-state index in [1.807, 2.05) is 0 Å². The smallest absolute Gasteiger partial charge is 0.296 e. The Labute approximate surface area is 474 Å². The van der Waals surface area contributed by atoms with Crippen LogP contribution in [0.2, 0.25) is 0 Å². The molecule has 14 N–H and O–H groups in total. The maximum Gasteiger partial charge on any atom is 0.296 e. The summed E-state index contributed by atoms with van der Waals surface area (Å²) in [5.41, 5.74) is -3.48. The topological polar surface area (TPSA) is 533 Å². The molecule has 440 valence electrons. The zero-order chi connectivity index (χ0) is 61.5. The number of hydrogen-bond donors (Lipinski definition) is 14. The summed E-state index contributed by atoms with van der Waals surface area (Å²) in [6, 6.07) is 18.7. The normalized spacial score (nSPS) is 12.5. The van der Waals surface area contributed by atoms with Crippen molar-refractivity contribution in [2.24, 2.45) is 0 Å². The van der Waals surface area contributed by atoms with E-state index in [0.29, 0.717) is 24.3 Å². The third-order valence-electron chi connectivity index (χ3n) is 11.3. The van der Waals surface area contributed by atoms with Crippen LogP contribution in [0.4, 0.5) is 46.5 Å². The van der Waals surface area contributed by atoms with Crippen LogP contribution in [0.5, 0.6) is 11.5 Å². The summed E-state index contributed by atoms with van der Waals surface area (Å²) < 4.78 is 211. The van der Waals surface area contributed by atoms with Gasteiger partial charge in [0.2, 0.25) is 23.8 Å². The minimum absolute atomic E-state index is 0.160. The van der Waals surface area contributed by atoms with E-state index < -0.39 is 150 Å². The van der Waals surface area contributed by atoms with Crippen molar-refractivity contribution >= 4 is 119 Å². The molecule has 2 heterocycles. The monoisotopic (exact) mass is 1270 g/mol. The highest BCUT2D eigenvalue weighted by Crippen LogP contribution is 2.35. The Hall–Kier alpha value is -8.74. The minimum Gasteiger partial charge on any atom is -0.508 e. The van der Waals surface area contributed by atoms with Crippen molar-refractivity contribution < 1.29 is 98.2 Å². The highest BCUT2D eigenvalue weighted by atomic mass is 32.2. The zero-order valence-electron chi connectivity index (χ0n) is 41.5. The lowest BCUT2D eigenvalue weighted by Crippen LogP contribution is -2.12. The van der Waals surface area contributed by atoms with Crippen molar-refractivity contribution in [3.05, 3.63) is 131 Å². The molecule has 0 aliphatic carbocycles. The van der Waals surface area contributed by atoms with E-state index in [2.05, 4.69) is 51.2 Å². The molecule has 0 fully saturated rings. The molecule has 0 spiro atoms. The Balaban J connectivity index is 1.15. The van der Waals surface area contributed by atoms with E-state index in [9.17, 15) is 98.2 Å². The molecule has 0 saturated carbocycles. The van der Waals surface area contributed by atoms with E-state index in [0.717, 1.165) is 36.4 Å². The van der Waals surface area contributed by atoms with Gasteiger partial charge in [0.05, 0.1) is 24.6 Å². The van der Waals surface area contributed by atoms with Crippen LogP contribution in [-0.2, 0) is 73.9 Å². The number of nitrogens with one attached hydrogen (secondary N) is 4. The van der Waals surface area contributed by atoms with Crippen molar-refractivity contribution in [1.29, 1.82) is 0 Å². The number of aromatic nitrogens is 6. The van der Waals surface area contributed by atoms with Crippen LogP contribution < -0.4 is 21.3 Å². The molecule has 0 saturated heterocycles. The Bertz CT molecular complexity index is 4420. The largest absolute Gasteiger partial charge is 0.508 e. The molecule has 0 unspecified atom stereocenters. The van der Waals surface area contributed by atoms with Gasteiger partial charge in [-0.05, 0) is 108 Å². The van der Waals surface area contributed by atoms with Crippen molar-refractivity contribution in [2.45, 2.75) is 42.6 Å². The maximum absolute atomic E-state index is 12.9. The lowest BCUT2D eigenvalue weighted by atomic mass is 10.1. The number of aliphatic hydroxyl groups is 2. The molecule has 0 aliphatic heterocycles. The van der Waals surface area contributed by atoms with Crippen LogP contribution in [0.3, 0.4) is 0 Å². The van der Waals surface area contributed by atoms with Crippen LogP contribution in [0.25, 0.3) is 34.9 Å². The second-order valence-corrected chi connectivity index (χ2v) is 25.5. The predicted molar refractivity (Wildman–Crippen MR) is 292 cm³/mol. The van der Waals surface area contributed by atoms with Gasteiger partial charge in [-0.1, -0.05) is 24.3 Å². The standard InChI is InChI=1S/C46H38N10O22S6/c57-21-27-15-39(83(73,74)75)33(19-37(27)81(67,68)69)49-45-53-41(25-5-11-31(59)12-6-25)51-43(55-45)47-29-9-3-23(35(17-29)79(61,62)63)1-2-24-4-10-30(18-36(24)80(64,65)66)48-44-52-42(26-7-13-32(60)14-8-26)54-46(56-44)50-34-20-38(82(70,71)72)28(22-58)16-40(34)84(76,77)78/h1-20,57-60H,21-22H2,(H,61,62,63)(H,64,65,66)(H,67,68,69)(H,70,71,72)(H,73,74,75)(H,76,77,78)(H2,47,49,51,53,55)(H2,48,50,52,54,56). The van der Waals surface area contributed by atoms with Crippen molar-refractivity contribution in [3.8, 4) is 34.3 Å². The average Bonchev–Trinajstić information content (AvgIpc) is 1.62. The number of nitrogens with zero attached hydrogens (tertiary/aromatic N) is 6. The molecule has 6 aromatic carbocycles. The van der Waals surface area contributed by atoms with Gasteiger partial charge in [-0.25, -0.2) is 0 Å². The molecule has 2 aromatic heterocycles. The number of benzene rings is 6. The SMILES string of the molecule is O=S(=O)(O)c1cc(Nc2nc(Nc3cc(S(=O)(=O)O)c(CO)cc3S(=O)(=O)O)nc(-c3ccc(O)cc3)n2)ccc1C=Cc1ccc(Nc2nc(Nc3cc(S(=O)(=O)O)c(CO)cc3S(=O)(=O)O)nc(-c3ccc(O)cc3)n2)cc1S(=O)(=O)O. The first-order valence-corrected chi connectivity index (χ1v) is 31.3. The third-order valence-corrected chi connectivity index (χ3v) is 16.8. The van der Waals surface area contributed by atoms with E-state index in [4.69, 9.17) is 0 Å². The summed E-state index contributed by atoms with van der Waals surface area (Å²) in [5.74, 6) is -3.04. The summed E-state index contributed by atoms with van der Waals surface area (Å²) >= 11 is 0. The van der Waals surface area contributed by atoms with Gasteiger partial charge in [0.15, 0.2) is 11.6 Å². The van der Waals surface area contributed by atoms with Gasteiger partial charge < -0.3 is 41.7 Å². The molecule has 0 amide bonds. The summed E-state index contributed by atoms with van der Waals surface area (Å²) in [5, 5.41) is 49.4. The molecule has 0 radical (unpaired) electrons. The number of aromatic hydroxyl groups is 2. The zero-order valence-corrected chi connectivity index (χ0v) is 46.4. The van der Waals surface area contributed by atoms with Gasteiger partial charge in [-0.15, -0.1) is 0 Å². The van der Waals surface area contributed by atoms with Gasteiger partial charge in [0, 0.05) is 33.6 Å². The molecule has 32 nitrogen and oxygen atoms in total. The van der Waals surface area contributed by atoms with Gasteiger partial charge in [0.25, 0.3) is 60.7 Å². The molecular weight excluding hydrogens is 1240 g/mol. The van der Waals surface area contributed by atoms with E-state index in [1.54, 1.807) is 0 Å². The van der Waals surface area contributed by atoms with E-state index in [1.165, 1.54) is 60.7 Å². The van der Waals surface area contributed by atoms with E-state index in [-0.39, 0.29) is 56.8 Å². The number of rotatable bonds is 20. The van der Waals surface area contributed by atoms with Crippen LogP contribution in [0.15, 0.2) is 139 Å². The lowest BCUT2D eigenvalue weighted by molar-refractivity contribution is 0.277. The fourth-order valence-electron chi connectivity index (χ4n) is 7.63. The fraction of sp³-hybridized carbons (Fsp3) is 0.0435. The Kier molecular flexibility index (Phi) is 16.9. The summed E-state index contributed by atoms with van der Waals surface area (Å²) in [7, 11) is -31.1. The summed E-state index contributed by atoms with van der Waals surface area (Å²) in [6.07, 6.45) is 2.03. The van der Waals surface area contributed by atoms with Gasteiger partial charge in [0.1, 0.15) is 40.9 Å². The molecule has 8 aromatic rings. The van der Waals surface area contributed by atoms with Gasteiger partial charge in [-0.3, -0.25) is 27.3 Å². The van der Waals surface area contributed by atoms with Crippen molar-refractivity contribution in [2.75, 3.05) is 21.3 Å². The first kappa shape index (κ1) is 61.3. The fourth-order valence-corrected chi connectivity index (χ4v) is 11.9. The number of hydrogen-bond acceptors (Lipinski definition) is 26. The second-order valence-electron chi connectivity index (χ2n) is 17.1. The molecule has 0 atom stereocenters. The number of aliphatic hydroxyl groups excluding tert-OH is 2. The third kappa shape index (κ3) is 14.5. The van der Waals surface area contributed by atoms with Gasteiger partial charge in [-0.2, -0.15) is 80.4 Å². The Morgan fingerprint density at radius 1 is 0.345 bits per heavy atom. The van der Waals surface area contributed by atoms with Crippen LogP contribution in [-0.4, -0.2) is 128 Å². The predicted octanol–water partition coefficient (Wildman–Crippen LogP) is 4.41. The lowest BCUT2D eigenvalue weighted by Gasteiger charge is -2.15. The summed E-state index contributed by atoms with van der Waals surface area (Å²) in [4.78, 5) is 19.5. The second kappa shape index (κ2) is 23.1. The quantitative estimate of drug-likeness (QED) is 0.0371. The summed E-state index contributed by atoms with van der Waals surface area (Å²) in [6.45, 7) is -2.23. The first-order valence-electron chi connectivity index (χ1n) is 22.6. The van der Waals surface area contributed by atoms with Crippen LogP contribution >= 0.6 is 0 Å². The van der Waals surface area contributed by atoms with Crippen LogP contribution in [0.1, 0.15) is 22.3 Å². The minimum atomic E-state index is -5.22. The van der Waals surface area contributed by atoms with Gasteiger partial charge >= 0.3 is 0 Å². The Morgan fingerprint density at radius 2 is 0.643 bits per heavy atom. The average molecular weight is 1280 g/mol. The number of phenolic OH excluding ortho intramolecular Hbond substituents is 2. The molecule has 38 heteroatoms. The van der Waals surface area contributed by atoms with Crippen LogP contribution in [0, 0.1) is 0 Å². The molecule has 84 heavy (non-hydrogen) atoms. The Morgan fingerprint density at radius 3 is 0.929 bits per heavy atom. The molecular formula is C46H38N10O22S6. The van der Waals surface area contributed by atoms with E-state index >= 15 is 0 Å². The highest BCUT2D eigenvalue weighted by Gasteiger charge is 2.28. The first-order chi connectivity index (χ1) is 39.1. The molecule has 0 bridgehead atoms. The molecule has 8 rings (SSSR count). The van der Waals surface area contributed by atoms with Crippen molar-refractivity contribution in [1.82, 2.24) is 29.9 Å².